The van der Waals surface area contributed by atoms with Gasteiger partial charge in [-0.2, -0.15) is 18.3 Å². The first kappa shape index (κ1) is 17.7. The van der Waals surface area contributed by atoms with Crippen molar-refractivity contribution in [1.82, 2.24) is 19.7 Å². The molecular formula is C17H17F3N4S. The van der Waals surface area contributed by atoms with E-state index in [0.29, 0.717) is 15.9 Å². The Morgan fingerprint density at radius 3 is 2.60 bits per heavy atom. The molecule has 0 unspecified atom stereocenters. The number of hydrogen-bond acceptors (Lipinski definition) is 4. The van der Waals surface area contributed by atoms with Crippen LogP contribution in [0.1, 0.15) is 25.1 Å². The first-order valence-electron chi connectivity index (χ1n) is 7.98. The van der Waals surface area contributed by atoms with Crippen LogP contribution in [0.25, 0.3) is 10.9 Å². The molecule has 3 rings (SSSR count). The van der Waals surface area contributed by atoms with Crippen molar-refractivity contribution < 1.29 is 13.2 Å². The number of aryl methyl sites for hydroxylation is 1. The van der Waals surface area contributed by atoms with Gasteiger partial charge in [-0.25, -0.2) is 9.97 Å². The Morgan fingerprint density at radius 1 is 1.00 bits per heavy atom. The highest BCUT2D eigenvalue weighted by molar-refractivity contribution is 7.99. The van der Waals surface area contributed by atoms with Gasteiger partial charge in [-0.3, -0.25) is 4.68 Å². The molecule has 2 aromatic heterocycles. The third-order valence-electron chi connectivity index (χ3n) is 3.65. The Hall–Kier alpha value is -2.09. The molecule has 8 heteroatoms. The van der Waals surface area contributed by atoms with Crippen molar-refractivity contribution >= 4 is 22.7 Å². The molecule has 0 saturated heterocycles. The van der Waals surface area contributed by atoms with Crippen molar-refractivity contribution in [2.75, 3.05) is 5.75 Å². The van der Waals surface area contributed by atoms with E-state index in [0.717, 1.165) is 31.6 Å². The summed E-state index contributed by atoms with van der Waals surface area (Å²) >= 11 is 1.35. The predicted octanol–water partition coefficient (Wildman–Crippen LogP) is 4.81. The molecule has 0 saturated carbocycles. The zero-order valence-corrected chi connectivity index (χ0v) is 14.2. The largest absolute Gasteiger partial charge is 0.451 e. The first-order valence-corrected chi connectivity index (χ1v) is 8.97. The van der Waals surface area contributed by atoms with Gasteiger partial charge in [0.25, 0.3) is 0 Å². The van der Waals surface area contributed by atoms with E-state index in [1.54, 1.807) is 30.5 Å². The summed E-state index contributed by atoms with van der Waals surface area (Å²) in [5.41, 5.74) is 0.325. The minimum absolute atomic E-state index is 0.325. The van der Waals surface area contributed by atoms with Gasteiger partial charge in [0.2, 0.25) is 5.82 Å². The van der Waals surface area contributed by atoms with Crippen molar-refractivity contribution in [2.45, 2.75) is 37.0 Å². The van der Waals surface area contributed by atoms with Gasteiger partial charge in [0.15, 0.2) is 0 Å². The minimum atomic E-state index is -4.54. The SMILES string of the molecule is FC(F)(F)c1nc(SCCCCCn2cccn2)c2ccccc2n1. The van der Waals surface area contributed by atoms with Crippen LogP contribution in [0.4, 0.5) is 13.2 Å². The molecule has 132 valence electrons. The second kappa shape index (κ2) is 7.86. The molecule has 0 atom stereocenters. The van der Waals surface area contributed by atoms with Crippen LogP contribution >= 0.6 is 11.8 Å². The monoisotopic (exact) mass is 366 g/mol. The number of thioether (sulfide) groups is 1. The molecule has 0 spiro atoms. The zero-order chi connectivity index (χ0) is 17.7. The Bertz CT molecular complexity index is 818. The van der Waals surface area contributed by atoms with Gasteiger partial charge in [0.05, 0.1) is 5.52 Å². The van der Waals surface area contributed by atoms with Crippen molar-refractivity contribution in [3.05, 3.63) is 48.5 Å². The average Bonchev–Trinajstić information content (AvgIpc) is 3.10. The number of alkyl halides is 3. The summed E-state index contributed by atoms with van der Waals surface area (Å²) in [6, 6.07) is 8.69. The molecule has 25 heavy (non-hydrogen) atoms. The minimum Gasteiger partial charge on any atom is -0.273 e. The van der Waals surface area contributed by atoms with Crippen LogP contribution in [0.5, 0.6) is 0 Å². The summed E-state index contributed by atoms with van der Waals surface area (Å²) in [4.78, 5) is 7.38. The quantitative estimate of drug-likeness (QED) is 0.342. The van der Waals surface area contributed by atoms with Crippen LogP contribution in [0.15, 0.2) is 47.8 Å². The van der Waals surface area contributed by atoms with E-state index in [2.05, 4.69) is 15.1 Å². The van der Waals surface area contributed by atoms with E-state index in [1.807, 2.05) is 16.9 Å². The summed E-state index contributed by atoms with van der Waals surface area (Å²) < 4.78 is 40.8. The van der Waals surface area contributed by atoms with Gasteiger partial charge < -0.3 is 0 Å². The van der Waals surface area contributed by atoms with Gasteiger partial charge in [-0.1, -0.05) is 24.6 Å². The number of para-hydroxylation sites is 1. The highest BCUT2D eigenvalue weighted by Gasteiger charge is 2.35. The lowest BCUT2D eigenvalue weighted by molar-refractivity contribution is -0.145. The van der Waals surface area contributed by atoms with Crippen LogP contribution in [-0.2, 0) is 12.7 Å². The van der Waals surface area contributed by atoms with Gasteiger partial charge in [0.1, 0.15) is 5.03 Å². The summed E-state index contributed by atoms with van der Waals surface area (Å²) in [6.07, 6.45) is 2.01. The van der Waals surface area contributed by atoms with Gasteiger partial charge in [-0.05, 0) is 30.7 Å². The third-order valence-corrected chi connectivity index (χ3v) is 4.73. The summed E-state index contributed by atoms with van der Waals surface area (Å²) in [5.74, 6) is -0.357. The fourth-order valence-electron chi connectivity index (χ4n) is 2.44. The number of unbranched alkanes of at least 4 members (excludes halogenated alkanes) is 2. The van der Waals surface area contributed by atoms with E-state index in [9.17, 15) is 13.2 Å². The molecule has 2 heterocycles. The van der Waals surface area contributed by atoms with E-state index in [-0.39, 0.29) is 0 Å². The lowest BCUT2D eigenvalue weighted by atomic mass is 10.2. The molecule has 0 N–H and O–H groups in total. The Morgan fingerprint density at radius 2 is 1.84 bits per heavy atom. The van der Waals surface area contributed by atoms with Crippen molar-refractivity contribution in [2.24, 2.45) is 0 Å². The number of rotatable bonds is 7. The van der Waals surface area contributed by atoms with Gasteiger partial charge in [0, 0.05) is 24.3 Å². The van der Waals surface area contributed by atoms with E-state index in [4.69, 9.17) is 0 Å². The second-order valence-electron chi connectivity index (χ2n) is 5.55. The third kappa shape index (κ3) is 4.72. The van der Waals surface area contributed by atoms with Crippen molar-refractivity contribution in [1.29, 1.82) is 0 Å². The normalized spacial score (nSPS) is 12.0. The lowest BCUT2D eigenvalue weighted by Crippen LogP contribution is -2.11. The van der Waals surface area contributed by atoms with E-state index < -0.39 is 12.0 Å². The predicted molar refractivity (Wildman–Crippen MR) is 91.3 cm³/mol. The topological polar surface area (TPSA) is 43.6 Å². The number of hydrogen-bond donors (Lipinski definition) is 0. The smallest absolute Gasteiger partial charge is 0.273 e. The molecule has 0 aliphatic carbocycles. The fraction of sp³-hybridized carbons (Fsp3) is 0.353. The number of aromatic nitrogens is 4. The maximum atomic E-state index is 13.0. The van der Waals surface area contributed by atoms with E-state index >= 15 is 0 Å². The second-order valence-corrected chi connectivity index (χ2v) is 6.63. The number of nitrogens with zero attached hydrogens (tertiary/aromatic N) is 4. The highest BCUT2D eigenvalue weighted by Crippen LogP contribution is 2.32. The fourth-order valence-corrected chi connectivity index (χ4v) is 3.46. The highest BCUT2D eigenvalue weighted by atomic mass is 32.2. The summed E-state index contributed by atoms with van der Waals surface area (Å²) in [5, 5.41) is 5.19. The van der Waals surface area contributed by atoms with Crippen molar-refractivity contribution in [3.8, 4) is 0 Å². The summed E-state index contributed by atoms with van der Waals surface area (Å²) in [7, 11) is 0. The molecule has 0 bridgehead atoms. The molecule has 0 fully saturated rings. The van der Waals surface area contributed by atoms with Crippen LogP contribution in [0.3, 0.4) is 0 Å². The molecule has 3 aromatic rings. The molecule has 0 aliphatic rings. The number of halogens is 3. The van der Waals surface area contributed by atoms with Crippen LogP contribution < -0.4 is 0 Å². The first-order chi connectivity index (χ1) is 12.0. The maximum Gasteiger partial charge on any atom is 0.451 e. The Labute approximate surface area is 147 Å². The molecule has 4 nitrogen and oxygen atoms in total. The van der Waals surface area contributed by atoms with Crippen LogP contribution in [-0.4, -0.2) is 25.5 Å². The summed E-state index contributed by atoms with van der Waals surface area (Å²) in [6.45, 7) is 0.853. The maximum absolute atomic E-state index is 13.0. The number of fused-ring (bicyclic) bond motifs is 1. The van der Waals surface area contributed by atoms with Gasteiger partial charge in [-0.15, -0.1) is 11.8 Å². The average molecular weight is 366 g/mol. The molecule has 0 radical (unpaired) electrons. The van der Waals surface area contributed by atoms with E-state index in [1.165, 1.54) is 11.8 Å². The molecular weight excluding hydrogens is 349 g/mol. The molecule has 1 aromatic carbocycles. The molecule has 0 aliphatic heterocycles. The lowest BCUT2D eigenvalue weighted by Gasteiger charge is -2.10. The molecule has 0 amide bonds. The zero-order valence-electron chi connectivity index (χ0n) is 13.4. The van der Waals surface area contributed by atoms with Crippen LogP contribution in [0, 0.1) is 0 Å². The standard InChI is InChI=1S/C17H17F3N4S/c18-17(19,20)16-22-14-8-3-2-7-13(14)15(23-16)25-12-5-1-4-10-24-11-6-9-21-24/h2-3,6-9,11H,1,4-5,10,12H2. The van der Waals surface area contributed by atoms with Crippen molar-refractivity contribution in [3.63, 3.8) is 0 Å². The Kier molecular flexibility index (Phi) is 5.57. The van der Waals surface area contributed by atoms with Crippen LogP contribution in [0.2, 0.25) is 0 Å². The Balaban J connectivity index is 1.60. The number of benzene rings is 1. The van der Waals surface area contributed by atoms with Gasteiger partial charge >= 0.3 is 6.18 Å².